The van der Waals surface area contributed by atoms with Crippen molar-refractivity contribution < 1.29 is 14.6 Å². The number of esters is 1. The Balaban J connectivity index is 3.40. The second kappa shape index (κ2) is 9.00. The van der Waals surface area contributed by atoms with Gasteiger partial charge >= 0.3 is 5.97 Å². The highest BCUT2D eigenvalue weighted by Crippen LogP contribution is 2.06. The quantitative estimate of drug-likeness (QED) is 0.493. The first-order valence-electron chi connectivity index (χ1n) is 5.12. The average Bonchev–Trinajstić information content (AvgIpc) is 2.12. The molecule has 0 amide bonds. The van der Waals surface area contributed by atoms with E-state index < -0.39 is 6.10 Å². The van der Waals surface area contributed by atoms with Crippen LogP contribution in [0.15, 0.2) is 0 Å². The third-order valence-corrected chi connectivity index (χ3v) is 2.79. The summed E-state index contributed by atoms with van der Waals surface area (Å²) in [5.74, 6) is 1.23. The Morgan fingerprint density at radius 1 is 1.53 bits per heavy atom. The van der Waals surface area contributed by atoms with Gasteiger partial charge in [0.15, 0.2) is 0 Å². The summed E-state index contributed by atoms with van der Waals surface area (Å²) in [7, 11) is 4.02. The minimum Gasteiger partial charge on any atom is -0.466 e. The zero-order valence-electron chi connectivity index (χ0n) is 9.73. The Hall–Kier alpha value is -0.260. The molecule has 0 bridgehead atoms. The fraction of sp³-hybridized carbons (Fsp3) is 0.900. The summed E-state index contributed by atoms with van der Waals surface area (Å²) >= 11 is 1.65. The van der Waals surface area contributed by atoms with Crippen molar-refractivity contribution >= 4 is 17.7 Å². The Morgan fingerprint density at radius 3 is 2.73 bits per heavy atom. The van der Waals surface area contributed by atoms with E-state index in [0.29, 0.717) is 12.4 Å². The van der Waals surface area contributed by atoms with Crippen LogP contribution >= 0.6 is 11.8 Å². The first-order chi connectivity index (χ1) is 7.06. The van der Waals surface area contributed by atoms with Crippen molar-refractivity contribution in [3.05, 3.63) is 0 Å². The largest absolute Gasteiger partial charge is 0.466 e. The van der Waals surface area contributed by atoms with Crippen molar-refractivity contribution in [2.75, 3.05) is 38.8 Å². The van der Waals surface area contributed by atoms with E-state index in [1.54, 1.807) is 18.7 Å². The van der Waals surface area contributed by atoms with Gasteiger partial charge in [0, 0.05) is 18.1 Å². The number of aliphatic hydroxyl groups is 1. The van der Waals surface area contributed by atoms with Gasteiger partial charge in [-0.1, -0.05) is 0 Å². The maximum Gasteiger partial charge on any atom is 0.308 e. The number of nitrogens with zero attached hydrogens (tertiary/aromatic N) is 1. The van der Waals surface area contributed by atoms with Gasteiger partial charge in [0.25, 0.3) is 0 Å². The fourth-order valence-corrected chi connectivity index (χ4v) is 1.99. The van der Waals surface area contributed by atoms with Gasteiger partial charge in [0.1, 0.15) is 0 Å². The molecule has 0 aromatic heterocycles. The third-order valence-electron chi connectivity index (χ3n) is 1.70. The topological polar surface area (TPSA) is 49.8 Å². The first-order valence-corrected chi connectivity index (χ1v) is 6.27. The fourth-order valence-electron chi connectivity index (χ4n) is 0.938. The molecule has 0 aromatic rings. The molecule has 0 radical (unpaired) electrons. The van der Waals surface area contributed by atoms with E-state index in [9.17, 15) is 9.90 Å². The highest BCUT2D eigenvalue weighted by atomic mass is 32.2. The van der Waals surface area contributed by atoms with Crippen LogP contribution in [0.25, 0.3) is 0 Å². The molecule has 1 N–H and O–H groups in total. The summed E-state index contributed by atoms with van der Waals surface area (Å²) in [5, 5.41) is 9.48. The van der Waals surface area contributed by atoms with E-state index in [-0.39, 0.29) is 12.4 Å². The smallest absolute Gasteiger partial charge is 0.308 e. The summed E-state index contributed by atoms with van der Waals surface area (Å²) in [5.41, 5.74) is 0. The number of aliphatic hydroxyl groups excluding tert-OH is 1. The van der Waals surface area contributed by atoms with E-state index in [0.717, 1.165) is 12.3 Å². The van der Waals surface area contributed by atoms with Crippen LogP contribution in [0.2, 0.25) is 0 Å². The summed E-state index contributed by atoms with van der Waals surface area (Å²) in [6.45, 7) is 3.12. The van der Waals surface area contributed by atoms with Gasteiger partial charge in [-0.15, -0.1) is 0 Å². The second-order valence-electron chi connectivity index (χ2n) is 3.54. The molecule has 0 rings (SSSR count). The predicted molar refractivity (Wildman–Crippen MR) is 63.1 cm³/mol. The molecule has 5 heteroatoms. The lowest BCUT2D eigenvalue weighted by Crippen LogP contribution is -2.20. The van der Waals surface area contributed by atoms with Crippen LogP contribution in [0, 0.1) is 0 Å². The normalized spacial score (nSPS) is 12.9. The summed E-state index contributed by atoms with van der Waals surface area (Å²) in [6, 6.07) is 0. The Labute approximate surface area is 96.0 Å². The van der Waals surface area contributed by atoms with Crippen LogP contribution in [0.4, 0.5) is 0 Å². The zero-order chi connectivity index (χ0) is 11.7. The molecule has 0 aromatic carbocycles. The number of thioether (sulfide) groups is 1. The Morgan fingerprint density at radius 2 is 2.20 bits per heavy atom. The maximum atomic E-state index is 11.0. The van der Waals surface area contributed by atoms with Crippen LogP contribution in [0.1, 0.15) is 13.3 Å². The predicted octanol–water partition coefficient (Wildman–Crippen LogP) is 0.595. The van der Waals surface area contributed by atoms with Crippen molar-refractivity contribution in [3.8, 4) is 0 Å². The van der Waals surface area contributed by atoms with Crippen LogP contribution in [-0.4, -0.2) is 60.8 Å². The standard InChI is InChI=1S/C10H21NO3S/c1-4-14-10(13)7-9(12)8-15-6-5-11(2)3/h9,12H,4-8H2,1-3H3. The van der Waals surface area contributed by atoms with Gasteiger partial charge in [-0.05, 0) is 21.0 Å². The Bertz CT molecular complexity index is 176. The van der Waals surface area contributed by atoms with Crippen molar-refractivity contribution in [3.63, 3.8) is 0 Å². The molecule has 1 atom stereocenters. The SMILES string of the molecule is CCOC(=O)CC(O)CSCCN(C)C. The molecule has 0 aliphatic heterocycles. The number of ether oxygens (including phenoxy) is 1. The van der Waals surface area contributed by atoms with Gasteiger partial charge in [0.2, 0.25) is 0 Å². The molecule has 1 unspecified atom stereocenters. The van der Waals surface area contributed by atoms with Crippen molar-refractivity contribution in [1.29, 1.82) is 0 Å². The van der Waals surface area contributed by atoms with E-state index in [2.05, 4.69) is 4.90 Å². The number of hydrogen-bond acceptors (Lipinski definition) is 5. The molecular formula is C10H21NO3S. The zero-order valence-corrected chi connectivity index (χ0v) is 10.5. The van der Waals surface area contributed by atoms with E-state index in [4.69, 9.17) is 4.74 Å². The lowest BCUT2D eigenvalue weighted by Gasteiger charge is -2.11. The monoisotopic (exact) mass is 235 g/mol. The molecule has 15 heavy (non-hydrogen) atoms. The molecule has 0 aliphatic carbocycles. The molecular weight excluding hydrogens is 214 g/mol. The van der Waals surface area contributed by atoms with E-state index >= 15 is 0 Å². The Kier molecular flexibility index (Phi) is 8.85. The summed E-state index contributed by atoms with van der Waals surface area (Å²) in [6.07, 6.45) is -0.487. The number of carbonyl (C=O) groups is 1. The summed E-state index contributed by atoms with van der Waals surface area (Å²) in [4.78, 5) is 13.1. The molecule has 90 valence electrons. The highest BCUT2D eigenvalue weighted by molar-refractivity contribution is 7.99. The van der Waals surface area contributed by atoms with Crippen molar-refractivity contribution in [2.45, 2.75) is 19.4 Å². The summed E-state index contributed by atoms with van der Waals surface area (Å²) < 4.78 is 4.74. The number of rotatable bonds is 8. The van der Waals surface area contributed by atoms with Crippen LogP contribution < -0.4 is 0 Å². The number of hydrogen-bond donors (Lipinski definition) is 1. The van der Waals surface area contributed by atoms with E-state index in [1.807, 2.05) is 14.1 Å². The van der Waals surface area contributed by atoms with E-state index in [1.165, 1.54) is 0 Å². The lowest BCUT2D eigenvalue weighted by molar-refractivity contribution is -0.144. The van der Waals surface area contributed by atoms with Gasteiger partial charge in [0.05, 0.1) is 19.1 Å². The second-order valence-corrected chi connectivity index (χ2v) is 4.69. The molecule has 0 aliphatic rings. The third kappa shape index (κ3) is 10.0. The van der Waals surface area contributed by atoms with Crippen molar-refractivity contribution in [1.82, 2.24) is 4.90 Å². The van der Waals surface area contributed by atoms with Gasteiger partial charge in [-0.3, -0.25) is 4.79 Å². The highest BCUT2D eigenvalue weighted by Gasteiger charge is 2.11. The maximum absolute atomic E-state index is 11.0. The van der Waals surface area contributed by atoms with Gasteiger partial charge in [-0.25, -0.2) is 0 Å². The molecule has 0 saturated carbocycles. The van der Waals surface area contributed by atoms with Crippen LogP contribution in [0.5, 0.6) is 0 Å². The molecule has 4 nitrogen and oxygen atoms in total. The molecule has 0 heterocycles. The average molecular weight is 235 g/mol. The molecule has 0 saturated heterocycles. The minimum absolute atomic E-state index is 0.100. The number of carbonyl (C=O) groups excluding carboxylic acids is 1. The molecule has 0 fully saturated rings. The lowest BCUT2D eigenvalue weighted by atomic mass is 10.3. The minimum atomic E-state index is -0.587. The van der Waals surface area contributed by atoms with Crippen LogP contribution in [-0.2, 0) is 9.53 Å². The van der Waals surface area contributed by atoms with Gasteiger partial charge < -0.3 is 14.7 Å². The van der Waals surface area contributed by atoms with Gasteiger partial charge in [-0.2, -0.15) is 11.8 Å². The van der Waals surface area contributed by atoms with Crippen LogP contribution in [0.3, 0.4) is 0 Å². The molecule has 0 spiro atoms. The van der Waals surface area contributed by atoms with Crippen molar-refractivity contribution in [2.24, 2.45) is 0 Å². The first kappa shape index (κ1) is 14.7.